The molecule has 3 N–H and O–H groups in total. The lowest BCUT2D eigenvalue weighted by molar-refractivity contribution is 0.102. The Morgan fingerprint density at radius 3 is 2.15 bits per heavy atom. The molecule has 3 aromatic carbocycles. The smallest absolute Gasteiger partial charge is 0.319 e. The molecule has 3 amide bonds. The number of aromatic nitrogens is 2. The number of rotatable bonds is 6. The molecule has 5 rings (SSSR count). The van der Waals surface area contributed by atoms with Crippen LogP contribution in [-0.2, 0) is 0 Å². The van der Waals surface area contributed by atoms with Gasteiger partial charge in [-0.1, -0.05) is 41.9 Å². The van der Waals surface area contributed by atoms with Gasteiger partial charge in [-0.05, 0) is 61.4 Å². The molecule has 0 saturated heterocycles. The van der Waals surface area contributed by atoms with Gasteiger partial charge in [-0.15, -0.1) is 0 Å². The summed E-state index contributed by atoms with van der Waals surface area (Å²) in [5.74, 6) is -0.292. The second-order valence-corrected chi connectivity index (χ2v) is 8.52. The highest BCUT2D eigenvalue weighted by atomic mass is 35.5. The molecule has 0 aliphatic heterocycles. The zero-order valence-corrected chi connectivity index (χ0v) is 18.9. The number of para-hydroxylation sites is 1. The first-order valence-corrected chi connectivity index (χ1v) is 11.3. The van der Waals surface area contributed by atoms with E-state index in [1.807, 2.05) is 42.5 Å². The number of benzene rings is 3. The zero-order chi connectivity index (χ0) is 23.5. The lowest BCUT2D eigenvalue weighted by Crippen LogP contribution is -2.30. The summed E-state index contributed by atoms with van der Waals surface area (Å²) in [6.07, 6.45) is 3.77. The fourth-order valence-corrected chi connectivity index (χ4v) is 3.62. The Bertz CT molecular complexity index is 1310. The summed E-state index contributed by atoms with van der Waals surface area (Å²) < 4.78 is 1.68. The fourth-order valence-electron chi connectivity index (χ4n) is 3.49. The van der Waals surface area contributed by atoms with E-state index in [0.29, 0.717) is 27.7 Å². The quantitative estimate of drug-likeness (QED) is 0.335. The number of carbonyl (C=O) groups is 2. The topological polar surface area (TPSA) is 88.1 Å². The Hall–Kier alpha value is -4.10. The largest absolute Gasteiger partial charge is 0.335 e. The third-order valence-corrected chi connectivity index (χ3v) is 5.66. The molecule has 1 aromatic heterocycles. The van der Waals surface area contributed by atoms with Crippen LogP contribution in [0.15, 0.2) is 85.1 Å². The lowest BCUT2D eigenvalue weighted by Gasteiger charge is -2.09. The maximum Gasteiger partial charge on any atom is 0.319 e. The van der Waals surface area contributed by atoms with Crippen LogP contribution in [0.3, 0.4) is 0 Å². The summed E-state index contributed by atoms with van der Waals surface area (Å²) in [6, 6.07) is 23.9. The Kier molecular flexibility index (Phi) is 6.01. The van der Waals surface area contributed by atoms with Gasteiger partial charge < -0.3 is 16.0 Å². The van der Waals surface area contributed by atoms with Gasteiger partial charge in [-0.2, -0.15) is 5.10 Å². The van der Waals surface area contributed by atoms with Crippen molar-refractivity contribution < 1.29 is 9.59 Å². The highest BCUT2D eigenvalue weighted by Crippen LogP contribution is 2.26. The maximum atomic E-state index is 13.2. The van der Waals surface area contributed by atoms with E-state index in [9.17, 15) is 9.59 Å². The predicted octanol–water partition coefficient (Wildman–Crippen LogP) is 5.73. The molecule has 8 heteroatoms. The van der Waals surface area contributed by atoms with E-state index in [1.165, 1.54) is 0 Å². The maximum absolute atomic E-state index is 13.2. The van der Waals surface area contributed by atoms with Gasteiger partial charge in [-0.3, -0.25) is 4.79 Å². The number of nitrogens with one attached hydrogen (secondary N) is 3. The third-order valence-electron chi connectivity index (χ3n) is 5.41. The third kappa shape index (κ3) is 5.10. The van der Waals surface area contributed by atoms with Crippen molar-refractivity contribution >= 4 is 34.9 Å². The second-order valence-electron chi connectivity index (χ2n) is 8.08. The highest BCUT2D eigenvalue weighted by Gasteiger charge is 2.23. The molecule has 7 nitrogen and oxygen atoms in total. The van der Waals surface area contributed by atoms with Gasteiger partial charge in [0.1, 0.15) is 5.69 Å². The summed E-state index contributed by atoms with van der Waals surface area (Å²) >= 11 is 6.05. The average Bonchev–Trinajstić information content (AvgIpc) is 3.54. The Labute approximate surface area is 201 Å². The molecule has 1 saturated carbocycles. The summed E-state index contributed by atoms with van der Waals surface area (Å²) in [5, 5.41) is 13.9. The molecule has 1 fully saturated rings. The molecule has 170 valence electrons. The van der Waals surface area contributed by atoms with E-state index in [-0.39, 0.29) is 18.0 Å². The van der Waals surface area contributed by atoms with Gasteiger partial charge in [0, 0.05) is 34.2 Å². The SMILES string of the molecule is O=C(Nc1ccc(NC(=O)c2cn(-c3ccccc3)nc2-c2ccc(Cl)cc2)cc1)NC1CC1. The van der Waals surface area contributed by atoms with Gasteiger partial charge in [0.25, 0.3) is 5.91 Å². The Balaban J connectivity index is 1.37. The van der Waals surface area contributed by atoms with E-state index < -0.39 is 0 Å². The van der Waals surface area contributed by atoms with E-state index >= 15 is 0 Å². The van der Waals surface area contributed by atoms with Gasteiger partial charge in [0.15, 0.2) is 0 Å². The molecular weight excluding hydrogens is 450 g/mol. The van der Waals surface area contributed by atoms with Crippen LogP contribution >= 0.6 is 11.6 Å². The standard InChI is InChI=1S/C26H22ClN5O2/c27-18-8-6-17(7-9-18)24-23(16-32(31-24)22-4-2-1-3-5-22)25(33)28-19-10-12-20(13-11-19)29-26(34)30-21-14-15-21/h1-13,16,21H,14-15H2,(H,28,33)(H2,29,30,34). The molecular formula is C26H22ClN5O2. The van der Waals surface area contributed by atoms with Crippen molar-refractivity contribution in [3.05, 3.63) is 95.6 Å². The average molecular weight is 472 g/mol. The first-order chi connectivity index (χ1) is 16.5. The van der Waals surface area contributed by atoms with Crippen molar-refractivity contribution in [3.63, 3.8) is 0 Å². The number of amides is 3. The monoisotopic (exact) mass is 471 g/mol. The van der Waals surface area contributed by atoms with Crippen molar-refractivity contribution in [2.45, 2.75) is 18.9 Å². The molecule has 1 aliphatic carbocycles. The minimum absolute atomic E-state index is 0.222. The van der Waals surface area contributed by atoms with Crippen molar-refractivity contribution in [3.8, 4) is 16.9 Å². The van der Waals surface area contributed by atoms with Gasteiger partial charge in [-0.25, -0.2) is 9.48 Å². The van der Waals surface area contributed by atoms with Crippen molar-refractivity contribution in [1.82, 2.24) is 15.1 Å². The number of hydrogen-bond acceptors (Lipinski definition) is 3. The number of urea groups is 1. The van der Waals surface area contributed by atoms with E-state index in [0.717, 1.165) is 24.1 Å². The molecule has 0 radical (unpaired) electrons. The Morgan fingerprint density at radius 1 is 0.853 bits per heavy atom. The van der Waals surface area contributed by atoms with Crippen molar-refractivity contribution in [1.29, 1.82) is 0 Å². The number of halogens is 1. The van der Waals surface area contributed by atoms with Crippen LogP contribution in [-0.4, -0.2) is 27.8 Å². The number of carbonyl (C=O) groups excluding carboxylic acids is 2. The minimum atomic E-state index is -0.292. The highest BCUT2D eigenvalue weighted by molar-refractivity contribution is 6.30. The molecule has 1 aliphatic rings. The molecule has 1 heterocycles. The van der Waals surface area contributed by atoms with Crippen LogP contribution < -0.4 is 16.0 Å². The van der Waals surface area contributed by atoms with Gasteiger partial charge in [0.2, 0.25) is 0 Å². The van der Waals surface area contributed by atoms with Crippen LogP contribution in [0.2, 0.25) is 5.02 Å². The molecule has 34 heavy (non-hydrogen) atoms. The molecule has 0 spiro atoms. The van der Waals surface area contributed by atoms with Gasteiger partial charge >= 0.3 is 6.03 Å². The Morgan fingerprint density at radius 2 is 1.50 bits per heavy atom. The second kappa shape index (κ2) is 9.41. The number of nitrogens with zero attached hydrogens (tertiary/aromatic N) is 2. The molecule has 0 unspecified atom stereocenters. The first kappa shape index (κ1) is 21.7. The minimum Gasteiger partial charge on any atom is -0.335 e. The summed E-state index contributed by atoms with van der Waals surface area (Å²) in [6.45, 7) is 0. The fraction of sp³-hybridized carbons (Fsp3) is 0.115. The predicted molar refractivity (Wildman–Crippen MR) is 134 cm³/mol. The number of hydrogen-bond donors (Lipinski definition) is 3. The zero-order valence-electron chi connectivity index (χ0n) is 18.2. The van der Waals surface area contributed by atoms with E-state index in [1.54, 1.807) is 47.3 Å². The van der Waals surface area contributed by atoms with Crippen LogP contribution in [0, 0.1) is 0 Å². The van der Waals surface area contributed by atoms with Crippen LogP contribution in [0.4, 0.5) is 16.2 Å². The molecule has 0 atom stereocenters. The number of anilines is 2. The summed E-state index contributed by atoms with van der Waals surface area (Å²) in [4.78, 5) is 25.2. The normalized spacial score (nSPS) is 12.7. The van der Waals surface area contributed by atoms with Crippen LogP contribution in [0.25, 0.3) is 16.9 Å². The first-order valence-electron chi connectivity index (χ1n) is 10.9. The van der Waals surface area contributed by atoms with Crippen molar-refractivity contribution in [2.75, 3.05) is 10.6 Å². The van der Waals surface area contributed by atoms with Crippen molar-refractivity contribution in [2.24, 2.45) is 0 Å². The van der Waals surface area contributed by atoms with E-state index in [2.05, 4.69) is 21.0 Å². The molecule has 4 aromatic rings. The molecule has 0 bridgehead atoms. The van der Waals surface area contributed by atoms with E-state index in [4.69, 9.17) is 11.6 Å². The van der Waals surface area contributed by atoms with Crippen LogP contribution in [0.1, 0.15) is 23.2 Å². The lowest BCUT2D eigenvalue weighted by atomic mass is 10.1. The summed E-state index contributed by atoms with van der Waals surface area (Å²) in [5.41, 5.74) is 3.86. The van der Waals surface area contributed by atoms with Gasteiger partial charge in [0.05, 0.1) is 11.3 Å². The summed E-state index contributed by atoms with van der Waals surface area (Å²) in [7, 11) is 0. The van der Waals surface area contributed by atoms with Crippen LogP contribution in [0.5, 0.6) is 0 Å².